The van der Waals surface area contributed by atoms with Crippen LogP contribution in [-0.2, 0) is 19.1 Å². The molecule has 0 aromatic carbocycles. The van der Waals surface area contributed by atoms with Crippen molar-refractivity contribution in [3.63, 3.8) is 0 Å². The fraction of sp³-hybridized carbons (Fsp3) is 0.857. The second-order valence-electron chi connectivity index (χ2n) is 6.51. The summed E-state index contributed by atoms with van der Waals surface area (Å²) < 4.78 is 10.7. The van der Waals surface area contributed by atoms with Crippen LogP contribution in [0, 0.1) is 17.3 Å². The zero-order chi connectivity index (χ0) is 14.0. The van der Waals surface area contributed by atoms with Crippen LogP contribution in [0.4, 0.5) is 0 Å². The largest absolute Gasteiger partial charge is 0.458 e. The van der Waals surface area contributed by atoms with Crippen molar-refractivity contribution in [1.29, 1.82) is 0 Å². The molecule has 0 aromatic rings. The zero-order valence-electron chi connectivity index (χ0n) is 11.4. The summed E-state index contributed by atoms with van der Waals surface area (Å²) >= 11 is 2.14. The highest BCUT2D eigenvalue weighted by molar-refractivity contribution is 14.1. The Morgan fingerprint density at radius 2 is 2.32 bits per heavy atom. The zero-order valence-corrected chi connectivity index (χ0v) is 13.6. The standard InChI is InChI=1S/C14H19IO4/c1-4-14(3,15)12(17)18-9-7-5-8-10(9)19-11(16)13(8,2)6-7/h7-10H,4-6H2,1-3H3. The molecule has 6 atom stereocenters. The van der Waals surface area contributed by atoms with Crippen LogP contribution in [0.15, 0.2) is 0 Å². The van der Waals surface area contributed by atoms with E-state index in [0.717, 1.165) is 19.3 Å². The van der Waals surface area contributed by atoms with Crippen molar-refractivity contribution >= 4 is 34.5 Å². The van der Waals surface area contributed by atoms with Crippen molar-refractivity contribution in [3.05, 3.63) is 0 Å². The molecule has 2 bridgehead atoms. The van der Waals surface area contributed by atoms with E-state index in [2.05, 4.69) is 22.6 Å². The van der Waals surface area contributed by atoms with Gasteiger partial charge in [0.15, 0.2) is 0 Å². The second kappa shape index (κ2) is 4.09. The molecule has 6 unspecified atom stereocenters. The maximum atomic E-state index is 12.2. The predicted molar refractivity (Wildman–Crippen MR) is 76.8 cm³/mol. The lowest BCUT2D eigenvalue weighted by atomic mass is 9.75. The maximum Gasteiger partial charge on any atom is 0.322 e. The number of ether oxygens (including phenoxy) is 2. The number of carbonyl (C=O) groups is 2. The first kappa shape index (κ1) is 13.6. The van der Waals surface area contributed by atoms with E-state index in [9.17, 15) is 9.59 Å². The van der Waals surface area contributed by atoms with Gasteiger partial charge in [-0.25, -0.2) is 0 Å². The van der Waals surface area contributed by atoms with Gasteiger partial charge in [0, 0.05) is 11.8 Å². The van der Waals surface area contributed by atoms with Crippen LogP contribution in [-0.4, -0.2) is 27.6 Å². The molecule has 0 N–H and O–H groups in total. The summed E-state index contributed by atoms with van der Waals surface area (Å²) in [5, 5.41) is 0. The molecule has 19 heavy (non-hydrogen) atoms. The lowest BCUT2D eigenvalue weighted by molar-refractivity contribution is -0.163. The molecule has 3 rings (SSSR count). The van der Waals surface area contributed by atoms with Gasteiger partial charge in [0.05, 0.1) is 5.41 Å². The number of esters is 2. The van der Waals surface area contributed by atoms with Gasteiger partial charge in [-0.15, -0.1) is 0 Å². The van der Waals surface area contributed by atoms with Crippen LogP contribution in [0.1, 0.15) is 40.0 Å². The molecular formula is C14H19IO4. The molecule has 1 heterocycles. The minimum Gasteiger partial charge on any atom is -0.458 e. The second-order valence-corrected chi connectivity index (χ2v) is 8.90. The van der Waals surface area contributed by atoms with E-state index >= 15 is 0 Å². The van der Waals surface area contributed by atoms with E-state index in [4.69, 9.17) is 9.47 Å². The van der Waals surface area contributed by atoms with E-state index in [0.29, 0.717) is 5.92 Å². The van der Waals surface area contributed by atoms with Crippen LogP contribution >= 0.6 is 22.6 Å². The summed E-state index contributed by atoms with van der Waals surface area (Å²) in [6.45, 7) is 5.85. The number of alkyl halides is 1. The summed E-state index contributed by atoms with van der Waals surface area (Å²) in [6.07, 6.45) is 2.06. The molecule has 4 nitrogen and oxygen atoms in total. The maximum absolute atomic E-state index is 12.2. The first-order valence-electron chi connectivity index (χ1n) is 6.90. The number of halogens is 1. The lowest BCUT2D eigenvalue weighted by Gasteiger charge is -2.31. The van der Waals surface area contributed by atoms with Crippen LogP contribution < -0.4 is 0 Å². The average Bonchev–Trinajstić information content (AvgIpc) is 2.90. The quantitative estimate of drug-likeness (QED) is 0.430. The fourth-order valence-electron chi connectivity index (χ4n) is 3.81. The molecule has 0 amide bonds. The summed E-state index contributed by atoms with van der Waals surface area (Å²) in [5.41, 5.74) is -0.323. The topological polar surface area (TPSA) is 52.6 Å². The Kier molecular flexibility index (Phi) is 2.93. The first-order valence-corrected chi connectivity index (χ1v) is 7.98. The molecular weight excluding hydrogens is 359 g/mol. The number of fused-ring (bicyclic) bond motifs is 1. The Bertz CT molecular complexity index is 447. The van der Waals surface area contributed by atoms with Crippen LogP contribution in [0.3, 0.4) is 0 Å². The summed E-state index contributed by atoms with van der Waals surface area (Å²) in [6, 6.07) is 0. The van der Waals surface area contributed by atoms with Crippen molar-refractivity contribution in [1.82, 2.24) is 0 Å². The Morgan fingerprint density at radius 3 is 2.95 bits per heavy atom. The molecule has 0 radical (unpaired) electrons. The summed E-state index contributed by atoms with van der Waals surface area (Å²) in [5.74, 6) is 0.249. The number of hydrogen-bond donors (Lipinski definition) is 0. The van der Waals surface area contributed by atoms with Crippen LogP contribution in [0.5, 0.6) is 0 Å². The third-order valence-electron chi connectivity index (χ3n) is 5.29. The predicted octanol–water partition coefficient (Wildman–Crippen LogP) is 2.47. The van der Waals surface area contributed by atoms with Crippen molar-refractivity contribution in [2.45, 2.75) is 55.7 Å². The van der Waals surface area contributed by atoms with Gasteiger partial charge >= 0.3 is 11.9 Å². The molecule has 1 saturated heterocycles. The molecule has 2 saturated carbocycles. The Hall–Kier alpha value is -0.330. The van der Waals surface area contributed by atoms with Crippen molar-refractivity contribution in [2.24, 2.45) is 17.3 Å². The Labute approximate surface area is 126 Å². The third-order valence-corrected chi connectivity index (χ3v) is 6.49. The number of carbonyl (C=O) groups excluding carboxylic acids is 2. The van der Waals surface area contributed by atoms with Gasteiger partial charge in [0.1, 0.15) is 15.6 Å². The van der Waals surface area contributed by atoms with E-state index < -0.39 is 3.42 Å². The van der Waals surface area contributed by atoms with Gasteiger partial charge in [-0.3, -0.25) is 9.59 Å². The van der Waals surface area contributed by atoms with E-state index in [1.165, 1.54) is 0 Å². The number of rotatable bonds is 3. The average molecular weight is 378 g/mol. The van der Waals surface area contributed by atoms with E-state index in [1.807, 2.05) is 20.8 Å². The smallest absolute Gasteiger partial charge is 0.322 e. The molecule has 0 aromatic heterocycles. The Balaban J connectivity index is 1.76. The highest BCUT2D eigenvalue weighted by atomic mass is 127. The van der Waals surface area contributed by atoms with Gasteiger partial charge in [-0.2, -0.15) is 0 Å². The minimum atomic E-state index is -0.495. The normalized spacial score (nSPS) is 46.0. The van der Waals surface area contributed by atoms with Crippen molar-refractivity contribution in [2.75, 3.05) is 0 Å². The first-order chi connectivity index (χ1) is 8.79. The molecule has 1 aliphatic heterocycles. The van der Waals surface area contributed by atoms with Gasteiger partial charge in [-0.05, 0) is 33.1 Å². The molecule has 106 valence electrons. The molecule has 5 heteroatoms. The monoisotopic (exact) mass is 378 g/mol. The van der Waals surface area contributed by atoms with Gasteiger partial charge in [-0.1, -0.05) is 29.5 Å². The van der Waals surface area contributed by atoms with Gasteiger partial charge in [0.2, 0.25) is 0 Å². The molecule has 3 aliphatic rings. The van der Waals surface area contributed by atoms with E-state index in [-0.39, 0.29) is 35.5 Å². The van der Waals surface area contributed by atoms with Crippen LogP contribution in [0.2, 0.25) is 0 Å². The molecule has 2 aliphatic carbocycles. The van der Waals surface area contributed by atoms with Crippen LogP contribution in [0.25, 0.3) is 0 Å². The molecule has 0 spiro atoms. The van der Waals surface area contributed by atoms with Gasteiger partial charge < -0.3 is 9.47 Å². The number of hydrogen-bond acceptors (Lipinski definition) is 4. The van der Waals surface area contributed by atoms with E-state index in [1.54, 1.807) is 0 Å². The highest BCUT2D eigenvalue weighted by Gasteiger charge is 2.69. The third kappa shape index (κ3) is 1.76. The molecule has 3 fully saturated rings. The fourth-order valence-corrected chi connectivity index (χ4v) is 3.93. The van der Waals surface area contributed by atoms with Crippen molar-refractivity contribution < 1.29 is 19.1 Å². The SMILES string of the molecule is CCC(C)(I)C(=O)OC1C2CC3C1OC(=O)C3(C)C2. The Morgan fingerprint density at radius 1 is 1.63 bits per heavy atom. The van der Waals surface area contributed by atoms with Gasteiger partial charge in [0.25, 0.3) is 0 Å². The highest BCUT2D eigenvalue weighted by Crippen LogP contribution is 2.62. The summed E-state index contributed by atoms with van der Waals surface area (Å²) in [7, 11) is 0. The minimum absolute atomic E-state index is 0.101. The summed E-state index contributed by atoms with van der Waals surface area (Å²) in [4.78, 5) is 24.1. The van der Waals surface area contributed by atoms with Crippen molar-refractivity contribution in [3.8, 4) is 0 Å². The lowest BCUT2D eigenvalue weighted by Crippen LogP contribution is -2.42.